The molecule has 0 aromatic heterocycles. The molecule has 0 aliphatic heterocycles. The Bertz CT molecular complexity index is 396. The van der Waals surface area contributed by atoms with Crippen molar-refractivity contribution >= 4 is 0 Å². The molecule has 80 valence electrons. The molecular weight excluding hydrogens is 189 g/mol. The van der Waals surface area contributed by atoms with Crippen molar-refractivity contribution in [3.63, 3.8) is 0 Å². The van der Waals surface area contributed by atoms with E-state index in [9.17, 15) is 4.39 Å². The number of fused-ring (bicyclic) bond motifs is 2. The highest BCUT2D eigenvalue weighted by atomic mass is 19.1. The summed E-state index contributed by atoms with van der Waals surface area (Å²) < 4.78 is 13.2. The summed E-state index contributed by atoms with van der Waals surface area (Å²) in [7, 11) is 1.96. The second kappa shape index (κ2) is 3.05. The third kappa shape index (κ3) is 1.31. The molecular formula is C13H16FN. The molecule has 1 N–H and O–H groups in total. The zero-order valence-corrected chi connectivity index (χ0v) is 9.02. The molecule has 2 aliphatic carbocycles. The Morgan fingerprint density at radius 3 is 2.80 bits per heavy atom. The molecule has 0 heterocycles. The van der Waals surface area contributed by atoms with Crippen LogP contribution in [0.5, 0.6) is 0 Å². The third-order valence-corrected chi connectivity index (χ3v) is 4.07. The van der Waals surface area contributed by atoms with Crippen LogP contribution in [0.15, 0.2) is 18.2 Å². The molecule has 1 aromatic rings. The second-order valence-electron chi connectivity index (χ2n) is 4.89. The third-order valence-electron chi connectivity index (χ3n) is 4.07. The molecule has 1 fully saturated rings. The van der Waals surface area contributed by atoms with Gasteiger partial charge in [0.1, 0.15) is 5.82 Å². The Labute approximate surface area is 89.7 Å². The van der Waals surface area contributed by atoms with Crippen LogP contribution >= 0.6 is 0 Å². The molecule has 0 radical (unpaired) electrons. The number of hydrogen-bond acceptors (Lipinski definition) is 1. The minimum absolute atomic E-state index is 0.105. The van der Waals surface area contributed by atoms with E-state index < -0.39 is 0 Å². The highest BCUT2D eigenvalue weighted by Crippen LogP contribution is 2.57. The quantitative estimate of drug-likeness (QED) is 0.743. The van der Waals surface area contributed by atoms with Gasteiger partial charge in [-0.3, -0.25) is 0 Å². The maximum atomic E-state index is 13.2. The van der Waals surface area contributed by atoms with Gasteiger partial charge in [-0.2, -0.15) is 0 Å². The van der Waals surface area contributed by atoms with Crippen molar-refractivity contribution in [1.82, 2.24) is 5.32 Å². The number of nitrogens with one attached hydrogen (secondary N) is 1. The molecule has 0 bridgehead atoms. The fourth-order valence-corrected chi connectivity index (χ4v) is 2.99. The summed E-state index contributed by atoms with van der Waals surface area (Å²) in [6, 6.07) is 5.68. The van der Waals surface area contributed by atoms with Crippen molar-refractivity contribution in [1.29, 1.82) is 0 Å². The lowest BCUT2D eigenvalue weighted by atomic mass is 9.77. The molecule has 0 saturated heterocycles. The minimum atomic E-state index is -0.105. The summed E-state index contributed by atoms with van der Waals surface area (Å²) in [5, 5.41) is 3.29. The zero-order valence-electron chi connectivity index (χ0n) is 9.02. The largest absolute Gasteiger partial charge is 0.313 e. The van der Waals surface area contributed by atoms with Crippen LogP contribution in [0.4, 0.5) is 4.39 Å². The van der Waals surface area contributed by atoms with Crippen molar-refractivity contribution in [2.75, 3.05) is 7.05 Å². The molecule has 1 nitrogen and oxygen atoms in total. The Morgan fingerprint density at radius 2 is 2.13 bits per heavy atom. The molecule has 15 heavy (non-hydrogen) atoms. The van der Waals surface area contributed by atoms with E-state index in [2.05, 4.69) is 5.32 Å². The first-order valence-corrected chi connectivity index (χ1v) is 5.72. The summed E-state index contributed by atoms with van der Waals surface area (Å²) in [5.74, 6) is -0.105. The van der Waals surface area contributed by atoms with Gasteiger partial charge in [-0.1, -0.05) is 6.07 Å². The zero-order chi connectivity index (χ0) is 10.5. The highest BCUT2D eigenvalue weighted by Gasteiger charge is 2.48. The van der Waals surface area contributed by atoms with Crippen LogP contribution in [-0.2, 0) is 5.41 Å². The fraction of sp³-hybridized carbons (Fsp3) is 0.538. The summed E-state index contributed by atoms with van der Waals surface area (Å²) in [5.41, 5.74) is 3.02. The Balaban J connectivity index is 2.12. The number of hydrogen-bond donors (Lipinski definition) is 1. The van der Waals surface area contributed by atoms with E-state index in [0.29, 0.717) is 11.5 Å². The number of rotatable bonds is 1. The van der Waals surface area contributed by atoms with E-state index in [1.165, 1.54) is 30.4 Å². The van der Waals surface area contributed by atoms with Gasteiger partial charge in [0.05, 0.1) is 0 Å². The molecule has 1 aromatic carbocycles. The van der Waals surface area contributed by atoms with Crippen LogP contribution in [0.25, 0.3) is 0 Å². The number of halogens is 1. The van der Waals surface area contributed by atoms with Crippen LogP contribution in [0.2, 0.25) is 0 Å². The Morgan fingerprint density at radius 1 is 1.33 bits per heavy atom. The van der Waals surface area contributed by atoms with E-state index in [4.69, 9.17) is 0 Å². The van der Waals surface area contributed by atoms with Crippen LogP contribution in [0, 0.1) is 5.82 Å². The minimum Gasteiger partial charge on any atom is -0.313 e. The molecule has 2 heteroatoms. The van der Waals surface area contributed by atoms with E-state index >= 15 is 0 Å². The number of benzene rings is 1. The molecule has 1 spiro atoms. The van der Waals surface area contributed by atoms with Gasteiger partial charge >= 0.3 is 0 Å². The Kier molecular flexibility index (Phi) is 1.90. The predicted molar refractivity (Wildman–Crippen MR) is 58.3 cm³/mol. The second-order valence-corrected chi connectivity index (χ2v) is 4.89. The van der Waals surface area contributed by atoms with Crippen molar-refractivity contribution in [3.05, 3.63) is 35.1 Å². The topological polar surface area (TPSA) is 12.0 Å². The van der Waals surface area contributed by atoms with Crippen LogP contribution < -0.4 is 5.32 Å². The molecule has 3 rings (SSSR count). The van der Waals surface area contributed by atoms with Gasteiger partial charge in [-0.05, 0) is 61.4 Å². The lowest BCUT2D eigenvalue weighted by Gasteiger charge is -2.31. The summed E-state index contributed by atoms with van der Waals surface area (Å²) >= 11 is 0. The molecule has 1 unspecified atom stereocenters. The summed E-state index contributed by atoms with van der Waals surface area (Å²) in [6.45, 7) is 0. The molecule has 1 atom stereocenters. The van der Waals surface area contributed by atoms with Crippen LogP contribution in [0.3, 0.4) is 0 Å². The smallest absolute Gasteiger partial charge is 0.123 e. The SMILES string of the molecule is CNC1CCC2(CC2)c2ccc(F)cc21. The lowest BCUT2D eigenvalue weighted by Crippen LogP contribution is -2.27. The maximum absolute atomic E-state index is 13.2. The Hall–Kier alpha value is -0.890. The molecule has 0 amide bonds. The molecule has 2 aliphatic rings. The fourth-order valence-electron chi connectivity index (χ4n) is 2.99. The van der Waals surface area contributed by atoms with Crippen molar-refractivity contribution in [3.8, 4) is 0 Å². The van der Waals surface area contributed by atoms with Gasteiger partial charge in [0.25, 0.3) is 0 Å². The van der Waals surface area contributed by atoms with Gasteiger partial charge in [0, 0.05) is 6.04 Å². The normalized spacial score (nSPS) is 26.4. The first-order valence-electron chi connectivity index (χ1n) is 5.72. The summed E-state index contributed by atoms with van der Waals surface area (Å²) in [6.07, 6.45) is 4.99. The highest BCUT2D eigenvalue weighted by molar-refractivity contribution is 5.43. The standard InChI is InChI=1S/C13H16FN/c1-15-12-4-5-13(6-7-13)11-3-2-9(14)8-10(11)12/h2-3,8,12,15H,4-7H2,1H3. The average Bonchev–Trinajstić information content (AvgIpc) is 2.99. The van der Waals surface area contributed by atoms with Crippen molar-refractivity contribution < 1.29 is 4.39 Å². The van der Waals surface area contributed by atoms with Gasteiger partial charge in [0.15, 0.2) is 0 Å². The van der Waals surface area contributed by atoms with Gasteiger partial charge in [-0.15, -0.1) is 0 Å². The van der Waals surface area contributed by atoms with Crippen molar-refractivity contribution in [2.24, 2.45) is 0 Å². The van der Waals surface area contributed by atoms with E-state index in [-0.39, 0.29) is 5.82 Å². The van der Waals surface area contributed by atoms with Gasteiger partial charge in [0.2, 0.25) is 0 Å². The first kappa shape index (κ1) is 9.34. The van der Waals surface area contributed by atoms with Gasteiger partial charge < -0.3 is 5.32 Å². The monoisotopic (exact) mass is 205 g/mol. The lowest BCUT2D eigenvalue weighted by molar-refractivity contribution is 0.431. The first-order chi connectivity index (χ1) is 7.25. The average molecular weight is 205 g/mol. The van der Waals surface area contributed by atoms with E-state index in [1.807, 2.05) is 13.1 Å². The summed E-state index contributed by atoms with van der Waals surface area (Å²) in [4.78, 5) is 0. The van der Waals surface area contributed by atoms with Crippen LogP contribution in [0.1, 0.15) is 42.9 Å². The molecule has 1 saturated carbocycles. The van der Waals surface area contributed by atoms with Gasteiger partial charge in [-0.25, -0.2) is 4.39 Å². The van der Waals surface area contributed by atoms with Crippen LogP contribution in [-0.4, -0.2) is 7.05 Å². The van der Waals surface area contributed by atoms with E-state index in [0.717, 1.165) is 6.42 Å². The maximum Gasteiger partial charge on any atom is 0.123 e. The predicted octanol–water partition coefficient (Wildman–Crippen LogP) is 2.91. The van der Waals surface area contributed by atoms with Crippen molar-refractivity contribution in [2.45, 2.75) is 37.1 Å². The van der Waals surface area contributed by atoms with E-state index in [1.54, 1.807) is 12.1 Å².